The Morgan fingerprint density at radius 2 is 2.03 bits per heavy atom. The van der Waals surface area contributed by atoms with Crippen LogP contribution in [0.1, 0.15) is 29.9 Å². The van der Waals surface area contributed by atoms with Crippen molar-refractivity contribution >= 4 is 17.2 Å². The number of hydrogen-bond acceptors (Lipinski definition) is 6. The minimum atomic E-state index is -0.229. The summed E-state index contributed by atoms with van der Waals surface area (Å²) in [6, 6.07) is 11.4. The molecule has 3 rings (SSSR count). The molecular weight excluding hydrogens is 400 g/mol. The second kappa shape index (κ2) is 10.8. The SMILES string of the molecule is CCN(CC)CCOc1ccc(CNC(=O)c2cc(-c3cccs3)[nH]n2)cc1OC. The van der Waals surface area contributed by atoms with Crippen LogP contribution in [0.5, 0.6) is 11.5 Å². The number of hydrogen-bond donors (Lipinski definition) is 2. The lowest BCUT2D eigenvalue weighted by Gasteiger charge is -2.19. The van der Waals surface area contributed by atoms with E-state index < -0.39 is 0 Å². The molecule has 8 heteroatoms. The Kier molecular flexibility index (Phi) is 7.87. The van der Waals surface area contributed by atoms with Gasteiger partial charge in [-0.05, 0) is 48.3 Å². The summed E-state index contributed by atoms with van der Waals surface area (Å²) in [5.41, 5.74) is 2.12. The predicted octanol–water partition coefficient (Wildman–Crippen LogP) is 3.80. The highest BCUT2D eigenvalue weighted by Crippen LogP contribution is 2.28. The Morgan fingerprint density at radius 1 is 1.20 bits per heavy atom. The first-order valence-corrected chi connectivity index (χ1v) is 10.9. The number of carbonyl (C=O) groups is 1. The zero-order valence-electron chi connectivity index (χ0n) is 17.6. The Hall–Kier alpha value is -2.84. The van der Waals surface area contributed by atoms with Gasteiger partial charge < -0.3 is 19.7 Å². The summed E-state index contributed by atoms with van der Waals surface area (Å²) in [5, 5.41) is 11.9. The van der Waals surface area contributed by atoms with Crippen LogP contribution in [0.2, 0.25) is 0 Å². The number of nitrogens with one attached hydrogen (secondary N) is 2. The molecule has 1 aromatic carbocycles. The van der Waals surface area contributed by atoms with Gasteiger partial charge in [-0.15, -0.1) is 11.3 Å². The third kappa shape index (κ3) is 5.61. The van der Waals surface area contributed by atoms with Crippen molar-refractivity contribution in [2.24, 2.45) is 0 Å². The maximum absolute atomic E-state index is 12.4. The normalized spacial score (nSPS) is 10.9. The van der Waals surface area contributed by atoms with Crippen LogP contribution >= 0.6 is 11.3 Å². The third-order valence-corrected chi connectivity index (χ3v) is 5.74. The first-order valence-electron chi connectivity index (χ1n) is 10.0. The van der Waals surface area contributed by atoms with Crippen LogP contribution in [-0.2, 0) is 6.54 Å². The fraction of sp³-hybridized carbons (Fsp3) is 0.364. The van der Waals surface area contributed by atoms with Gasteiger partial charge in [0.1, 0.15) is 6.61 Å². The largest absolute Gasteiger partial charge is 0.493 e. The van der Waals surface area contributed by atoms with Crippen LogP contribution in [0.15, 0.2) is 41.8 Å². The van der Waals surface area contributed by atoms with Crippen molar-refractivity contribution in [2.75, 3.05) is 33.4 Å². The topological polar surface area (TPSA) is 79.5 Å². The summed E-state index contributed by atoms with van der Waals surface area (Å²) >= 11 is 1.59. The number of benzene rings is 1. The van der Waals surface area contributed by atoms with Gasteiger partial charge in [-0.25, -0.2) is 0 Å². The van der Waals surface area contributed by atoms with Gasteiger partial charge in [-0.2, -0.15) is 5.10 Å². The van der Waals surface area contributed by atoms with Gasteiger partial charge in [0.25, 0.3) is 5.91 Å². The fourth-order valence-electron chi connectivity index (χ4n) is 3.03. The fourth-order valence-corrected chi connectivity index (χ4v) is 3.73. The number of amides is 1. The highest BCUT2D eigenvalue weighted by molar-refractivity contribution is 7.13. The van der Waals surface area contributed by atoms with E-state index in [0.29, 0.717) is 30.3 Å². The number of likely N-dealkylation sites (N-methyl/N-ethyl adjacent to an activating group) is 1. The summed E-state index contributed by atoms with van der Waals surface area (Å²) in [6.45, 7) is 8.11. The average molecular weight is 429 g/mol. The molecule has 0 aliphatic heterocycles. The van der Waals surface area contributed by atoms with Crippen LogP contribution in [0.4, 0.5) is 0 Å². The monoisotopic (exact) mass is 428 g/mol. The van der Waals surface area contributed by atoms with Crippen LogP contribution < -0.4 is 14.8 Å². The number of nitrogens with zero attached hydrogens (tertiary/aromatic N) is 2. The van der Waals surface area contributed by atoms with Gasteiger partial charge >= 0.3 is 0 Å². The summed E-state index contributed by atoms with van der Waals surface area (Å²) in [5.74, 6) is 1.13. The molecule has 3 aromatic rings. The van der Waals surface area contributed by atoms with E-state index >= 15 is 0 Å². The van der Waals surface area contributed by atoms with Crippen molar-refractivity contribution < 1.29 is 14.3 Å². The number of aromatic amines is 1. The summed E-state index contributed by atoms with van der Waals surface area (Å²) < 4.78 is 11.3. The van der Waals surface area contributed by atoms with E-state index in [1.54, 1.807) is 24.5 Å². The van der Waals surface area contributed by atoms with E-state index in [2.05, 4.69) is 34.3 Å². The summed E-state index contributed by atoms with van der Waals surface area (Å²) in [7, 11) is 1.62. The van der Waals surface area contributed by atoms with Crippen molar-refractivity contribution in [3.63, 3.8) is 0 Å². The van der Waals surface area contributed by atoms with Crippen LogP contribution in [-0.4, -0.2) is 54.4 Å². The lowest BCUT2D eigenvalue weighted by molar-refractivity contribution is 0.0946. The molecule has 2 heterocycles. The van der Waals surface area contributed by atoms with E-state index in [4.69, 9.17) is 9.47 Å². The van der Waals surface area contributed by atoms with E-state index in [1.807, 2.05) is 35.7 Å². The zero-order chi connectivity index (χ0) is 21.3. The molecule has 0 aliphatic carbocycles. The second-order valence-corrected chi connectivity index (χ2v) is 7.64. The minimum Gasteiger partial charge on any atom is -0.493 e. The van der Waals surface area contributed by atoms with Crippen LogP contribution in [0, 0.1) is 0 Å². The third-order valence-electron chi connectivity index (χ3n) is 4.84. The van der Waals surface area contributed by atoms with E-state index in [0.717, 1.165) is 35.8 Å². The molecule has 0 unspecified atom stereocenters. The molecule has 160 valence electrons. The highest BCUT2D eigenvalue weighted by Gasteiger charge is 2.13. The van der Waals surface area contributed by atoms with Gasteiger partial charge in [-0.3, -0.25) is 9.89 Å². The Balaban J connectivity index is 1.55. The molecule has 0 atom stereocenters. The predicted molar refractivity (Wildman–Crippen MR) is 119 cm³/mol. The number of aromatic nitrogens is 2. The lowest BCUT2D eigenvalue weighted by atomic mass is 10.2. The van der Waals surface area contributed by atoms with Gasteiger partial charge in [0.05, 0.1) is 17.7 Å². The van der Waals surface area contributed by atoms with Gasteiger partial charge in [0.2, 0.25) is 0 Å². The number of thiophene rings is 1. The highest BCUT2D eigenvalue weighted by atomic mass is 32.1. The Morgan fingerprint density at radius 3 is 2.73 bits per heavy atom. The quantitative estimate of drug-likeness (QED) is 0.486. The second-order valence-electron chi connectivity index (χ2n) is 6.69. The molecule has 2 N–H and O–H groups in total. The number of H-pyrrole nitrogens is 1. The molecule has 7 nitrogen and oxygen atoms in total. The molecule has 0 aliphatic rings. The molecule has 30 heavy (non-hydrogen) atoms. The number of ether oxygens (including phenoxy) is 2. The maximum atomic E-state index is 12.4. The summed E-state index contributed by atoms with van der Waals surface area (Å²) in [6.07, 6.45) is 0. The van der Waals surface area contributed by atoms with Crippen LogP contribution in [0.25, 0.3) is 10.6 Å². The first-order chi connectivity index (χ1) is 14.6. The molecule has 0 radical (unpaired) electrons. The standard InChI is InChI=1S/C22H28N4O3S/c1-4-26(5-2)10-11-29-19-9-8-16(13-20(19)28-3)15-23-22(27)18-14-17(24-25-18)21-7-6-12-30-21/h6-9,12-14H,4-5,10-11,15H2,1-3H3,(H,23,27)(H,24,25). The molecule has 1 amide bonds. The summed E-state index contributed by atoms with van der Waals surface area (Å²) in [4.78, 5) is 15.8. The zero-order valence-corrected chi connectivity index (χ0v) is 18.4. The van der Waals surface area contributed by atoms with Crippen molar-refractivity contribution in [1.29, 1.82) is 0 Å². The van der Waals surface area contributed by atoms with Gasteiger partial charge in [-0.1, -0.05) is 26.0 Å². The number of rotatable bonds is 11. The number of methoxy groups -OCH3 is 1. The molecule has 2 aromatic heterocycles. The van der Waals surface area contributed by atoms with Crippen molar-refractivity contribution in [1.82, 2.24) is 20.4 Å². The number of carbonyl (C=O) groups excluding carboxylic acids is 1. The minimum absolute atomic E-state index is 0.229. The van der Waals surface area contributed by atoms with Crippen molar-refractivity contribution in [3.8, 4) is 22.1 Å². The van der Waals surface area contributed by atoms with Gasteiger partial charge in [0.15, 0.2) is 17.2 Å². The van der Waals surface area contributed by atoms with E-state index in [1.165, 1.54) is 0 Å². The van der Waals surface area contributed by atoms with E-state index in [-0.39, 0.29) is 5.91 Å². The maximum Gasteiger partial charge on any atom is 0.272 e. The Labute approximate surface area is 181 Å². The van der Waals surface area contributed by atoms with E-state index in [9.17, 15) is 4.79 Å². The first kappa shape index (κ1) is 21.9. The molecule has 0 bridgehead atoms. The van der Waals surface area contributed by atoms with Crippen molar-refractivity contribution in [2.45, 2.75) is 20.4 Å². The molecule has 0 fully saturated rings. The molecule has 0 saturated carbocycles. The van der Waals surface area contributed by atoms with Crippen LogP contribution in [0.3, 0.4) is 0 Å². The van der Waals surface area contributed by atoms with Crippen molar-refractivity contribution in [3.05, 3.63) is 53.0 Å². The molecular formula is C22H28N4O3S. The average Bonchev–Trinajstić information content (AvgIpc) is 3.47. The lowest BCUT2D eigenvalue weighted by Crippen LogP contribution is -2.28. The molecule has 0 saturated heterocycles. The Bertz CT molecular complexity index is 936. The smallest absolute Gasteiger partial charge is 0.272 e. The van der Waals surface area contributed by atoms with Gasteiger partial charge in [0, 0.05) is 13.1 Å². The molecule has 0 spiro atoms.